The van der Waals surface area contributed by atoms with Gasteiger partial charge in [0.1, 0.15) is 35.0 Å². The number of nitrogens with zero attached hydrogens (tertiary/aromatic N) is 6. The Labute approximate surface area is 193 Å². The molecule has 10 heteroatoms. The predicted molar refractivity (Wildman–Crippen MR) is 129 cm³/mol. The fourth-order valence-electron chi connectivity index (χ4n) is 4.15. The quantitative estimate of drug-likeness (QED) is 0.412. The summed E-state index contributed by atoms with van der Waals surface area (Å²) in [6.07, 6.45) is 1.27. The lowest BCUT2D eigenvalue weighted by atomic mass is 10.1. The number of aromatic nitrogens is 6. The van der Waals surface area contributed by atoms with Crippen molar-refractivity contribution in [1.82, 2.24) is 29.3 Å². The molecule has 5 rings (SSSR count). The molecule has 4 aromatic heterocycles. The molecule has 9 nitrogen and oxygen atoms in total. The zero-order chi connectivity index (χ0) is 23.3. The minimum atomic E-state index is -0.861. The van der Waals surface area contributed by atoms with E-state index in [4.69, 9.17) is 10.7 Å². The Morgan fingerprint density at radius 2 is 2.00 bits per heavy atom. The number of anilines is 1. The number of fused-ring (bicyclic) bond motifs is 2. The fourth-order valence-corrected chi connectivity index (χ4v) is 5.08. The van der Waals surface area contributed by atoms with Gasteiger partial charge < -0.3 is 10.8 Å². The first kappa shape index (κ1) is 21.2. The van der Waals surface area contributed by atoms with Crippen molar-refractivity contribution in [2.45, 2.75) is 39.8 Å². The SMILES string of the molecule is CCc1ccccc1-n1c(Cn2nc([C@@H](C)O)c3c(N)ncnc32)nc2scc(C)c2c1=O. The third-order valence-electron chi connectivity index (χ3n) is 5.75. The average molecular weight is 462 g/mol. The molecule has 0 aliphatic carbocycles. The Hall–Kier alpha value is -3.63. The number of rotatable bonds is 5. The maximum Gasteiger partial charge on any atom is 0.267 e. The van der Waals surface area contributed by atoms with E-state index in [-0.39, 0.29) is 17.9 Å². The van der Waals surface area contributed by atoms with Gasteiger partial charge in [-0.15, -0.1) is 11.3 Å². The molecular weight excluding hydrogens is 438 g/mol. The van der Waals surface area contributed by atoms with Gasteiger partial charge in [-0.2, -0.15) is 5.10 Å². The van der Waals surface area contributed by atoms with E-state index in [1.54, 1.807) is 16.2 Å². The Balaban J connectivity index is 1.80. The third kappa shape index (κ3) is 3.38. The summed E-state index contributed by atoms with van der Waals surface area (Å²) in [6.45, 7) is 5.76. The second kappa shape index (κ2) is 8.05. The van der Waals surface area contributed by atoms with Crippen molar-refractivity contribution in [2.75, 3.05) is 5.73 Å². The van der Waals surface area contributed by atoms with Crippen LogP contribution in [0.5, 0.6) is 0 Å². The van der Waals surface area contributed by atoms with Crippen molar-refractivity contribution < 1.29 is 5.11 Å². The van der Waals surface area contributed by atoms with Crippen LogP contribution in [-0.2, 0) is 13.0 Å². The molecule has 0 aliphatic rings. The van der Waals surface area contributed by atoms with Crippen LogP contribution in [0.25, 0.3) is 26.9 Å². The van der Waals surface area contributed by atoms with Gasteiger partial charge in [0.05, 0.1) is 22.6 Å². The van der Waals surface area contributed by atoms with E-state index in [0.717, 1.165) is 23.2 Å². The molecule has 33 heavy (non-hydrogen) atoms. The molecule has 0 bridgehead atoms. The van der Waals surface area contributed by atoms with Crippen LogP contribution in [0, 0.1) is 6.92 Å². The summed E-state index contributed by atoms with van der Waals surface area (Å²) in [4.78, 5) is 27.7. The van der Waals surface area contributed by atoms with E-state index in [0.29, 0.717) is 32.8 Å². The van der Waals surface area contributed by atoms with Gasteiger partial charge in [-0.25, -0.2) is 19.6 Å². The highest BCUT2D eigenvalue weighted by Gasteiger charge is 2.22. The molecule has 0 radical (unpaired) electrons. The smallest absolute Gasteiger partial charge is 0.267 e. The number of aryl methyl sites for hydroxylation is 2. The first-order chi connectivity index (χ1) is 15.9. The zero-order valence-electron chi connectivity index (χ0n) is 18.5. The summed E-state index contributed by atoms with van der Waals surface area (Å²) in [5, 5.41) is 17.9. The Bertz CT molecular complexity index is 1560. The Morgan fingerprint density at radius 3 is 2.76 bits per heavy atom. The molecule has 0 aliphatic heterocycles. The van der Waals surface area contributed by atoms with Gasteiger partial charge in [-0.3, -0.25) is 9.36 Å². The maximum absolute atomic E-state index is 13.7. The molecule has 0 fully saturated rings. The van der Waals surface area contributed by atoms with E-state index in [2.05, 4.69) is 22.0 Å². The molecule has 3 N–H and O–H groups in total. The molecule has 1 aromatic carbocycles. The van der Waals surface area contributed by atoms with E-state index in [9.17, 15) is 9.90 Å². The topological polar surface area (TPSA) is 125 Å². The molecule has 0 unspecified atom stereocenters. The lowest BCUT2D eigenvalue weighted by Crippen LogP contribution is -2.26. The van der Waals surface area contributed by atoms with Crippen LogP contribution in [-0.4, -0.2) is 34.4 Å². The van der Waals surface area contributed by atoms with Crippen LogP contribution in [0.15, 0.2) is 40.8 Å². The fraction of sp³-hybridized carbons (Fsp3) is 0.261. The standard InChI is InChI=1S/C23H23N7O2S/c1-4-14-7-5-6-8-15(14)30-16(27-22-17(23(30)32)12(2)10-33-22)9-29-21-18(19(28-29)13(3)31)20(24)25-11-26-21/h5-8,10-11,13,31H,4,9H2,1-3H3,(H2,24,25,26)/t13-/m1/s1. The summed E-state index contributed by atoms with van der Waals surface area (Å²) in [7, 11) is 0. The largest absolute Gasteiger partial charge is 0.387 e. The molecule has 0 amide bonds. The van der Waals surface area contributed by atoms with Crippen LogP contribution in [0.4, 0.5) is 5.82 Å². The summed E-state index contributed by atoms with van der Waals surface area (Å²) < 4.78 is 3.29. The normalized spacial score (nSPS) is 12.6. The number of aliphatic hydroxyl groups is 1. The first-order valence-corrected chi connectivity index (χ1v) is 11.5. The van der Waals surface area contributed by atoms with Crippen molar-refractivity contribution in [3.05, 3.63) is 69.0 Å². The zero-order valence-corrected chi connectivity index (χ0v) is 19.3. The molecule has 1 atom stereocenters. The van der Waals surface area contributed by atoms with Crippen molar-refractivity contribution in [3.8, 4) is 5.69 Å². The number of para-hydroxylation sites is 1. The lowest BCUT2D eigenvalue weighted by Gasteiger charge is -2.16. The molecule has 4 heterocycles. The first-order valence-electron chi connectivity index (χ1n) is 10.6. The lowest BCUT2D eigenvalue weighted by molar-refractivity contribution is 0.194. The average Bonchev–Trinajstić information content (AvgIpc) is 3.36. The predicted octanol–water partition coefficient (Wildman–Crippen LogP) is 3.14. The van der Waals surface area contributed by atoms with Gasteiger partial charge >= 0.3 is 0 Å². The molecule has 5 aromatic rings. The van der Waals surface area contributed by atoms with Gasteiger partial charge in [-0.05, 0) is 42.8 Å². The number of nitrogen functional groups attached to an aromatic ring is 1. The van der Waals surface area contributed by atoms with Crippen LogP contribution in [0.3, 0.4) is 0 Å². The summed E-state index contributed by atoms with van der Waals surface area (Å²) >= 11 is 1.44. The van der Waals surface area contributed by atoms with Crippen LogP contribution >= 0.6 is 11.3 Å². The van der Waals surface area contributed by atoms with Crippen molar-refractivity contribution in [1.29, 1.82) is 0 Å². The highest BCUT2D eigenvalue weighted by atomic mass is 32.1. The molecular formula is C23H23N7O2S. The van der Waals surface area contributed by atoms with Gasteiger partial charge in [0.2, 0.25) is 0 Å². The number of benzene rings is 1. The highest BCUT2D eigenvalue weighted by Crippen LogP contribution is 2.28. The molecule has 168 valence electrons. The minimum Gasteiger partial charge on any atom is -0.387 e. The van der Waals surface area contributed by atoms with Crippen LogP contribution < -0.4 is 11.3 Å². The minimum absolute atomic E-state index is 0.115. The van der Waals surface area contributed by atoms with Gasteiger partial charge in [0.15, 0.2) is 5.65 Å². The van der Waals surface area contributed by atoms with E-state index in [1.165, 1.54) is 17.7 Å². The van der Waals surface area contributed by atoms with Crippen LogP contribution in [0.2, 0.25) is 0 Å². The molecule has 0 spiro atoms. The number of hydrogen-bond donors (Lipinski definition) is 2. The second-order valence-electron chi connectivity index (χ2n) is 7.93. The molecule has 0 saturated carbocycles. The van der Waals surface area contributed by atoms with E-state index < -0.39 is 6.10 Å². The Morgan fingerprint density at radius 1 is 1.21 bits per heavy atom. The maximum atomic E-state index is 13.7. The number of nitrogens with two attached hydrogens (primary N) is 1. The van der Waals surface area contributed by atoms with E-state index in [1.807, 2.05) is 36.6 Å². The number of thiophene rings is 1. The van der Waals surface area contributed by atoms with Gasteiger partial charge in [0, 0.05) is 0 Å². The van der Waals surface area contributed by atoms with Gasteiger partial charge in [0.25, 0.3) is 5.56 Å². The third-order valence-corrected chi connectivity index (χ3v) is 6.74. The molecule has 0 saturated heterocycles. The van der Waals surface area contributed by atoms with Crippen molar-refractivity contribution in [2.24, 2.45) is 0 Å². The summed E-state index contributed by atoms with van der Waals surface area (Å²) in [5.41, 5.74) is 9.56. The highest BCUT2D eigenvalue weighted by molar-refractivity contribution is 7.16. The summed E-state index contributed by atoms with van der Waals surface area (Å²) in [5.74, 6) is 0.766. The number of hydrogen-bond acceptors (Lipinski definition) is 8. The number of aliphatic hydroxyl groups excluding tert-OH is 1. The van der Waals surface area contributed by atoms with E-state index >= 15 is 0 Å². The van der Waals surface area contributed by atoms with Crippen molar-refractivity contribution >= 4 is 38.4 Å². The summed E-state index contributed by atoms with van der Waals surface area (Å²) in [6, 6.07) is 7.82. The van der Waals surface area contributed by atoms with Crippen LogP contribution in [0.1, 0.15) is 42.6 Å². The second-order valence-corrected chi connectivity index (χ2v) is 8.78. The Kier molecular flexibility index (Phi) is 5.18. The van der Waals surface area contributed by atoms with Crippen molar-refractivity contribution in [3.63, 3.8) is 0 Å². The van der Waals surface area contributed by atoms with Gasteiger partial charge in [-0.1, -0.05) is 25.1 Å². The monoisotopic (exact) mass is 461 g/mol.